The molecule has 5 aromatic rings. The van der Waals surface area contributed by atoms with Crippen LogP contribution in [0.15, 0.2) is 65.9 Å². The summed E-state index contributed by atoms with van der Waals surface area (Å²) in [5.41, 5.74) is 7.47. The number of carbonyl (C=O) groups is 3. The molecule has 1 aromatic carbocycles. The van der Waals surface area contributed by atoms with Crippen LogP contribution >= 0.6 is 0 Å². The van der Waals surface area contributed by atoms with Gasteiger partial charge in [-0.15, -0.1) is 0 Å². The van der Waals surface area contributed by atoms with Crippen molar-refractivity contribution in [1.82, 2.24) is 39.1 Å². The molecule has 3 saturated heterocycles. The van der Waals surface area contributed by atoms with Crippen molar-refractivity contribution < 1.29 is 23.2 Å². The van der Waals surface area contributed by atoms with Gasteiger partial charge in [0.15, 0.2) is 11.6 Å². The molecule has 0 saturated carbocycles. The monoisotopic (exact) mass is 899 g/mol. The molecule has 1 unspecified atom stereocenters. The molecule has 10 rings (SSSR count). The summed E-state index contributed by atoms with van der Waals surface area (Å²) in [7, 11) is 2.00. The fourth-order valence-corrected chi connectivity index (χ4v) is 10.5. The summed E-state index contributed by atoms with van der Waals surface area (Å²) in [6.07, 6.45) is 10.9. The lowest BCUT2D eigenvalue weighted by atomic mass is 9.92. The molecule has 3 amide bonds. The zero-order valence-electron chi connectivity index (χ0n) is 37.4. The summed E-state index contributed by atoms with van der Waals surface area (Å²) >= 11 is 0. The molecule has 3 fully saturated rings. The minimum atomic E-state index is -0.611. The predicted octanol–water partition coefficient (Wildman–Crippen LogP) is 4.85. The van der Waals surface area contributed by atoms with Gasteiger partial charge >= 0.3 is 0 Å². The molecule has 1 atom stereocenters. The molecular weight excluding hydrogens is 845 g/mol. The van der Waals surface area contributed by atoms with E-state index in [1.807, 2.05) is 48.2 Å². The number of imide groups is 1. The molecule has 0 bridgehead atoms. The maximum absolute atomic E-state index is 16.0. The standard InChI is InChI=1S/C49H55F2N11O4/c1-30-23-33(48(65)61-16-7-31(8-17-61)28-59-19-21-60(22-20-59)46-39(51)25-34(27-54-46)55-41-3-4-43(63)56-47(41)64)24-38(50)44(30)32-9-14-58(15-10-32)29-35-26-37-42(6-13-53-45(37)57(35)2)62-18-11-40-36(49(62)66)5-12-52-40/h6,9,11,13,18,23-27,31,41,52,55H,3-5,7-8,10,12,14-17,19-22,28-29H2,1-2H3,(H,56,63,64). The average Bonchev–Trinajstić information content (AvgIpc) is 3.93. The number of piperidine rings is 2. The van der Waals surface area contributed by atoms with Crippen LogP contribution in [0.4, 0.5) is 26.0 Å². The van der Waals surface area contributed by atoms with E-state index in [4.69, 9.17) is 0 Å². The largest absolute Gasteiger partial charge is 0.384 e. The molecule has 3 N–H and O–H groups in total. The van der Waals surface area contributed by atoms with Crippen molar-refractivity contribution in [2.75, 3.05) is 81.0 Å². The number of hydrogen-bond acceptors (Lipinski definition) is 11. The van der Waals surface area contributed by atoms with Gasteiger partial charge in [-0.3, -0.25) is 38.9 Å². The van der Waals surface area contributed by atoms with Gasteiger partial charge in [0.25, 0.3) is 11.5 Å². The minimum Gasteiger partial charge on any atom is -0.384 e. The summed E-state index contributed by atoms with van der Waals surface area (Å²) in [6.45, 7) is 9.61. The van der Waals surface area contributed by atoms with Gasteiger partial charge in [0, 0.05) is 137 Å². The van der Waals surface area contributed by atoms with Gasteiger partial charge < -0.3 is 25.0 Å². The molecule has 0 spiro atoms. The third kappa shape index (κ3) is 8.57. The van der Waals surface area contributed by atoms with Crippen molar-refractivity contribution in [1.29, 1.82) is 0 Å². The number of carbonyl (C=O) groups excluding carboxylic acids is 3. The highest BCUT2D eigenvalue weighted by Crippen LogP contribution is 2.32. The van der Waals surface area contributed by atoms with E-state index in [9.17, 15) is 19.2 Å². The van der Waals surface area contributed by atoms with Crippen molar-refractivity contribution in [2.45, 2.75) is 58.0 Å². The highest BCUT2D eigenvalue weighted by molar-refractivity contribution is 6.01. The number of aromatic nitrogens is 4. The van der Waals surface area contributed by atoms with Crippen LogP contribution in [0.1, 0.15) is 64.8 Å². The van der Waals surface area contributed by atoms with Gasteiger partial charge in [0.05, 0.1) is 17.6 Å². The molecule has 5 aliphatic heterocycles. The number of aryl methyl sites for hydroxylation is 2. The molecule has 5 aliphatic rings. The lowest BCUT2D eigenvalue weighted by Gasteiger charge is -2.39. The van der Waals surface area contributed by atoms with Crippen LogP contribution in [0.2, 0.25) is 0 Å². The number of piperazine rings is 1. The average molecular weight is 900 g/mol. The Bertz CT molecular complexity index is 2800. The Labute approximate surface area is 381 Å². The smallest absolute Gasteiger partial charge is 0.260 e. The van der Waals surface area contributed by atoms with Crippen molar-refractivity contribution in [3.63, 3.8) is 0 Å². The number of likely N-dealkylation sites (tertiary alicyclic amines) is 1. The molecule has 9 heterocycles. The number of rotatable bonds is 10. The van der Waals surface area contributed by atoms with Crippen molar-refractivity contribution in [3.8, 4) is 5.69 Å². The summed E-state index contributed by atoms with van der Waals surface area (Å²) in [4.78, 5) is 68.2. The van der Waals surface area contributed by atoms with Crippen molar-refractivity contribution >= 4 is 51.5 Å². The second-order valence-corrected chi connectivity index (χ2v) is 18.4. The first-order chi connectivity index (χ1) is 32.0. The van der Waals surface area contributed by atoms with E-state index >= 15 is 8.78 Å². The summed E-state index contributed by atoms with van der Waals surface area (Å²) in [5, 5.41) is 9.48. The second kappa shape index (κ2) is 18.1. The Morgan fingerprint density at radius 1 is 0.894 bits per heavy atom. The maximum Gasteiger partial charge on any atom is 0.260 e. The summed E-state index contributed by atoms with van der Waals surface area (Å²) < 4.78 is 35.0. The van der Waals surface area contributed by atoms with Crippen LogP contribution in [0, 0.1) is 24.5 Å². The van der Waals surface area contributed by atoms with Gasteiger partial charge in [-0.2, -0.15) is 0 Å². The number of halogens is 2. The zero-order chi connectivity index (χ0) is 45.6. The molecule has 66 heavy (non-hydrogen) atoms. The Balaban J connectivity index is 0.706. The van der Waals surface area contributed by atoms with E-state index < -0.39 is 17.8 Å². The van der Waals surface area contributed by atoms with E-state index in [0.29, 0.717) is 81.3 Å². The van der Waals surface area contributed by atoms with Crippen molar-refractivity contribution in [3.05, 3.63) is 111 Å². The zero-order valence-corrected chi connectivity index (χ0v) is 37.4. The number of anilines is 3. The molecule has 4 aromatic heterocycles. The topological polar surface area (TPSA) is 153 Å². The van der Waals surface area contributed by atoms with E-state index in [1.165, 1.54) is 18.3 Å². The number of pyridine rings is 3. The number of amides is 3. The van der Waals surface area contributed by atoms with Gasteiger partial charge in [0.2, 0.25) is 11.8 Å². The second-order valence-electron chi connectivity index (χ2n) is 18.4. The first-order valence-electron chi connectivity index (χ1n) is 23.1. The fraction of sp³-hybridized carbons (Fsp3) is 0.429. The number of fused-ring (bicyclic) bond motifs is 2. The number of nitrogens with one attached hydrogen (secondary N) is 3. The molecule has 0 aliphatic carbocycles. The van der Waals surface area contributed by atoms with Gasteiger partial charge in [0.1, 0.15) is 17.5 Å². The first kappa shape index (κ1) is 43.4. The van der Waals surface area contributed by atoms with Gasteiger partial charge in [-0.05, 0) is 86.4 Å². The van der Waals surface area contributed by atoms with Crippen LogP contribution in [0.5, 0.6) is 0 Å². The molecular formula is C49H55F2N11O4. The number of hydrogen-bond donors (Lipinski definition) is 3. The van der Waals surface area contributed by atoms with E-state index in [-0.39, 0.29) is 35.4 Å². The van der Waals surface area contributed by atoms with Crippen LogP contribution in [0.3, 0.4) is 0 Å². The molecule has 344 valence electrons. The highest BCUT2D eigenvalue weighted by atomic mass is 19.1. The van der Waals surface area contributed by atoms with Gasteiger partial charge in [-0.1, -0.05) is 6.08 Å². The summed E-state index contributed by atoms with van der Waals surface area (Å²) in [5.74, 6) is -1.00. The Morgan fingerprint density at radius 2 is 1.71 bits per heavy atom. The third-order valence-corrected chi connectivity index (χ3v) is 14.2. The van der Waals surface area contributed by atoms with Crippen LogP contribution in [-0.2, 0) is 29.6 Å². The normalized spacial score (nSPS) is 19.8. The minimum absolute atomic E-state index is 0.00589. The quantitative estimate of drug-likeness (QED) is 0.165. The lowest BCUT2D eigenvalue weighted by molar-refractivity contribution is -0.133. The first-order valence-corrected chi connectivity index (χ1v) is 23.1. The van der Waals surface area contributed by atoms with Crippen LogP contribution in [0.25, 0.3) is 22.3 Å². The fourth-order valence-electron chi connectivity index (χ4n) is 10.5. The molecule has 17 heteroatoms. The SMILES string of the molecule is Cc1cc(C(=O)N2CCC(CN3CCN(c4ncc(NC5CCC(=O)NC5=O)cc4F)CC3)CC2)cc(F)c1C1=CCN(Cc2cc3c(-n4ccc5c(c4=O)CCN5)ccnc3n2C)CC1. The number of nitrogens with zero attached hydrogens (tertiary/aromatic N) is 8. The molecule has 15 nitrogen and oxygen atoms in total. The third-order valence-electron chi connectivity index (χ3n) is 14.2. The van der Waals surface area contributed by atoms with Gasteiger partial charge in [-0.25, -0.2) is 18.7 Å². The lowest BCUT2D eigenvalue weighted by Crippen LogP contribution is -2.49. The Hall–Kier alpha value is -6.46. The van der Waals surface area contributed by atoms with E-state index in [0.717, 1.165) is 90.4 Å². The number of benzene rings is 1. The molecule has 0 radical (unpaired) electrons. The Kier molecular flexibility index (Phi) is 11.9. The van der Waals surface area contributed by atoms with E-state index in [1.54, 1.807) is 10.8 Å². The van der Waals surface area contributed by atoms with Crippen LogP contribution in [-0.4, -0.2) is 123 Å². The maximum atomic E-state index is 16.0. The Morgan fingerprint density at radius 3 is 2.45 bits per heavy atom. The summed E-state index contributed by atoms with van der Waals surface area (Å²) in [6, 6.07) is 9.97. The highest BCUT2D eigenvalue weighted by Gasteiger charge is 2.30. The van der Waals surface area contributed by atoms with E-state index in [2.05, 4.69) is 52.4 Å². The predicted molar refractivity (Wildman–Crippen MR) is 249 cm³/mol. The van der Waals surface area contributed by atoms with Crippen molar-refractivity contribution in [2.24, 2.45) is 13.0 Å². The van der Waals surface area contributed by atoms with Crippen LogP contribution < -0.4 is 26.4 Å².